The minimum Gasteiger partial charge on any atom is -0.392 e. The Morgan fingerprint density at radius 1 is 1.00 bits per heavy atom. The molecule has 1 aromatic heterocycles. The van der Waals surface area contributed by atoms with Gasteiger partial charge in [0.2, 0.25) is 5.13 Å². The van der Waals surface area contributed by atoms with E-state index in [1.165, 1.54) is 11.3 Å². The zero-order valence-electron chi connectivity index (χ0n) is 16.5. The van der Waals surface area contributed by atoms with Crippen molar-refractivity contribution < 1.29 is 5.11 Å². The highest BCUT2D eigenvalue weighted by Gasteiger charge is 2.25. The van der Waals surface area contributed by atoms with Crippen LogP contribution in [0.3, 0.4) is 0 Å². The maximum absolute atomic E-state index is 9.73. The summed E-state index contributed by atoms with van der Waals surface area (Å²) >= 11 is 1.51. The van der Waals surface area contributed by atoms with Gasteiger partial charge in [-0.05, 0) is 18.6 Å². The third-order valence-corrected chi connectivity index (χ3v) is 5.33. The van der Waals surface area contributed by atoms with E-state index in [1.54, 1.807) is 6.20 Å². The van der Waals surface area contributed by atoms with Crippen molar-refractivity contribution in [1.82, 2.24) is 4.98 Å². The SMILES string of the molecule is Cc1cnc(/N=C2\N=C(c3ccccc3CO)N=C2c2ccccc2N(C)C)s1. The normalized spacial score (nSPS) is 14.8. The van der Waals surface area contributed by atoms with Crippen molar-refractivity contribution in [3.8, 4) is 0 Å². The average molecular weight is 404 g/mol. The third kappa shape index (κ3) is 3.87. The number of aliphatic hydroxyl groups is 1. The summed E-state index contributed by atoms with van der Waals surface area (Å²) in [5.41, 5.74) is 4.26. The molecule has 0 atom stereocenters. The molecule has 0 spiro atoms. The molecule has 2 aromatic carbocycles. The van der Waals surface area contributed by atoms with Crippen LogP contribution in [0, 0.1) is 6.92 Å². The monoisotopic (exact) mass is 403 g/mol. The molecule has 6 nitrogen and oxygen atoms in total. The molecule has 0 bridgehead atoms. The first-order valence-corrected chi connectivity index (χ1v) is 10.0. The van der Waals surface area contributed by atoms with Crippen molar-refractivity contribution in [3.63, 3.8) is 0 Å². The molecular formula is C22H21N5OS. The molecule has 0 fully saturated rings. The molecule has 0 saturated carbocycles. The largest absolute Gasteiger partial charge is 0.392 e. The number of hydrogen-bond acceptors (Lipinski definition) is 6. The van der Waals surface area contributed by atoms with Crippen LogP contribution in [0.25, 0.3) is 0 Å². The fourth-order valence-electron chi connectivity index (χ4n) is 3.14. The van der Waals surface area contributed by atoms with Crippen LogP contribution in [-0.2, 0) is 6.61 Å². The van der Waals surface area contributed by atoms with E-state index in [2.05, 4.69) is 4.98 Å². The first-order valence-electron chi connectivity index (χ1n) is 9.21. The predicted octanol–water partition coefficient (Wildman–Crippen LogP) is 3.99. The number of anilines is 1. The van der Waals surface area contributed by atoms with Gasteiger partial charge >= 0.3 is 0 Å². The molecule has 0 amide bonds. The molecular weight excluding hydrogens is 382 g/mol. The van der Waals surface area contributed by atoms with E-state index >= 15 is 0 Å². The number of aryl methyl sites for hydroxylation is 1. The quantitative estimate of drug-likeness (QED) is 0.700. The number of hydrogen-bond donors (Lipinski definition) is 1. The van der Waals surface area contributed by atoms with Crippen LogP contribution in [0.5, 0.6) is 0 Å². The van der Waals surface area contributed by atoms with E-state index in [9.17, 15) is 5.11 Å². The van der Waals surface area contributed by atoms with Gasteiger partial charge in [-0.25, -0.2) is 15.0 Å². The molecule has 0 radical (unpaired) electrons. The lowest BCUT2D eigenvalue weighted by Gasteiger charge is -2.17. The molecule has 2 heterocycles. The van der Waals surface area contributed by atoms with E-state index in [0.717, 1.165) is 27.3 Å². The zero-order valence-corrected chi connectivity index (χ0v) is 17.3. The Bertz CT molecular complexity index is 1140. The van der Waals surface area contributed by atoms with Gasteiger partial charge < -0.3 is 10.0 Å². The van der Waals surface area contributed by atoms with Crippen LogP contribution in [0.4, 0.5) is 10.8 Å². The maximum Gasteiger partial charge on any atom is 0.211 e. The van der Waals surface area contributed by atoms with Crippen molar-refractivity contribution in [2.24, 2.45) is 15.0 Å². The second kappa shape index (κ2) is 8.06. The fourth-order valence-corrected chi connectivity index (χ4v) is 3.77. The number of rotatable bonds is 5. The molecule has 29 heavy (non-hydrogen) atoms. The second-order valence-electron chi connectivity index (χ2n) is 6.81. The zero-order chi connectivity index (χ0) is 20.4. The maximum atomic E-state index is 9.73. The lowest BCUT2D eigenvalue weighted by Crippen LogP contribution is -2.17. The molecule has 4 rings (SSSR count). The summed E-state index contributed by atoms with van der Waals surface area (Å²) in [4.78, 5) is 21.7. The molecule has 0 unspecified atom stereocenters. The lowest BCUT2D eigenvalue weighted by molar-refractivity contribution is 0.281. The van der Waals surface area contributed by atoms with Crippen molar-refractivity contribution >= 4 is 39.5 Å². The molecule has 0 saturated heterocycles. The molecule has 1 aliphatic rings. The molecule has 146 valence electrons. The van der Waals surface area contributed by atoms with Gasteiger partial charge in [0.05, 0.1) is 6.61 Å². The van der Waals surface area contributed by atoms with Crippen LogP contribution >= 0.6 is 11.3 Å². The van der Waals surface area contributed by atoms with Crippen LogP contribution in [0.2, 0.25) is 0 Å². The van der Waals surface area contributed by atoms with Crippen molar-refractivity contribution in [2.45, 2.75) is 13.5 Å². The molecule has 1 N–H and O–H groups in total. The van der Waals surface area contributed by atoms with Crippen LogP contribution < -0.4 is 4.90 Å². The Labute approximate surface area is 173 Å². The van der Waals surface area contributed by atoms with Crippen LogP contribution in [0.15, 0.2) is 69.7 Å². The van der Waals surface area contributed by atoms with Gasteiger partial charge in [0.1, 0.15) is 5.71 Å². The van der Waals surface area contributed by atoms with E-state index < -0.39 is 0 Å². The number of aliphatic imine (C=N–C) groups is 3. The summed E-state index contributed by atoms with van der Waals surface area (Å²) in [6.45, 7) is 1.92. The Hall–Kier alpha value is -3.16. The Morgan fingerprint density at radius 3 is 2.41 bits per heavy atom. The number of aromatic nitrogens is 1. The summed E-state index contributed by atoms with van der Waals surface area (Å²) < 4.78 is 0. The summed E-state index contributed by atoms with van der Waals surface area (Å²) in [5, 5.41) is 10.4. The Kier molecular flexibility index (Phi) is 5.33. The first kappa shape index (κ1) is 19.2. The summed E-state index contributed by atoms with van der Waals surface area (Å²) in [6.07, 6.45) is 1.80. The summed E-state index contributed by atoms with van der Waals surface area (Å²) in [6, 6.07) is 15.6. The summed E-state index contributed by atoms with van der Waals surface area (Å²) in [5.74, 6) is 1.07. The van der Waals surface area contributed by atoms with Crippen LogP contribution in [0.1, 0.15) is 21.6 Å². The molecule has 7 heteroatoms. The van der Waals surface area contributed by atoms with Gasteiger partial charge in [-0.2, -0.15) is 4.99 Å². The number of amidine groups is 2. The smallest absolute Gasteiger partial charge is 0.211 e. The number of aliphatic hydroxyl groups excluding tert-OH is 1. The van der Waals surface area contributed by atoms with Crippen molar-refractivity contribution in [1.29, 1.82) is 0 Å². The van der Waals surface area contributed by atoms with Gasteiger partial charge in [-0.3, -0.25) is 0 Å². The summed E-state index contributed by atoms with van der Waals surface area (Å²) in [7, 11) is 4.00. The van der Waals surface area contributed by atoms with Gasteiger partial charge in [0.15, 0.2) is 11.7 Å². The minimum absolute atomic E-state index is 0.0769. The van der Waals surface area contributed by atoms with Gasteiger partial charge in [-0.1, -0.05) is 42.5 Å². The average Bonchev–Trinajstić information content (AvgIpc) is 3.34. The number of para-hydroxylation sites is 1. The molecule has 1 aliphatic heterocycles. The number of nitrogens with zero attached hydrogens (tertiary/aromatic N) is 5. The van der Waals surface area contributed by atoms with Crippen molar-refractivity contribution in [2.75, 3.05) is 19.0 Å². The standard InChI is InChI=1S/C22H21N5OS/c1-14-12-23-22(29-14)26-21-19(17-10-6-7-11-18(17)27(2)3)24-20(25-21)16-9-5-4-8-15(16)13-28/h4-12,28H,13H2,1-3H3/b26-21-. The van der Waals surface area contributed by atoms with Gasteiger partial charge in [0, 0.05) is 42.0 Å². The lowest BCUT2D eigenvalue weighted by atomic mass is 10.1. The third-order valence-electron chi connectivity index (χ3n) is 4.52. The minimum atomic E-state index is -0.0769. The first-order chi connectivity index (χ1) is 14.1. The number of thiazole rings is 1. The highest BCUT2D eigenvalue weighted by Crippen LogP contribution is 2.27. The van der Waals surface area contributed by atoms with Crippen LogP contribution in [-0.4, -0.2) is 41.6 Å². The Balaban J connectivity index is 1.88. The van der Waals surface area contributed by atoms with Gasteiger partial charge in [0.25, 0.3) is 0 Å². The van der Waals surface area contributed by atoms with Crippen molar-refractivity contribution in [3.05, 3.63) is 76.3 Å². The van der Waals surface area contributed by atoms with Gasteiger partial charge in [-0.15, -0.1) is 11.3 Å². The highest BCUT2D eigenvalue weighted by molar-refractivity contribution is 7.15. The van der Waals surface area contributed by atoms with E-state index in [-0.39, 0.29) is 6.61 Å². The Morgan fingerprint density at radius 2 is 1.72 bits per heavy atom. The topological polar surface area (TPSA) is 73.4 Å². The predicted molar refractivity (Wildman–Crippen MR) is 120 cm³/mol. The fraction of sp³-hybridized carbons (Fsp3) is 0.182. The second-order valence-corrected chi connectivity index (χ2v) is 8.02. The molecule has 0 aliphatic carbocycles. The van der Waals surface area contributed by atoms with E-state index in [4.69, 9.17) is 15.0 Å². The van der Waals surface area contributed by atoms with E-state index in [1.807, 2.05) is 74.4 Å². The van der Waals surface area contributed by atoms with E-state index in [0.29, 0.717) is 22.5 Å². The highest BCUT2D eigenvalue weighted by atomic mass is 32.1. The molecule has 3 aromatic rings. The number of benzene rings is 2.